The molecule has 0 saturated heterocycles. The fraction of sp³-hybridized carbons (Fsp3) is 0.174. The largest absolute Gasteiger partial charge is 0.484 e. The number of hydrogen-bond donors (Lipinski definition) is 0. The number of aromatic nitrogens is 3. The highest BCUT2D eigenvalue weighted by molar-refractivity contribution is 5.93. The molecule has 0 unspecified atom stereocenters. The van der Waals surface area contributed by atoms with E-state index >= 15 is 0 Å². The molecular weight excluding hydrogens is 412 g/mol. The number of esters is 1. The van der Waals surface area contributed by atoms with E-state index in [1.165, 1.54) is 15.0 Å². The summed E-state index contributed by atoms with van der Waals surface area (Å²) in [5.41, 5.74) is 0.380. The number of hydrogen-bond acceptors (Lipinski definition) is 6. The maximum absolute atomic E-state index is 13.0. The van der Waals surface area contributed by atoms with E-state index in [1.807, 2.05) is 6.07 Å². The fourth-order valence-corrected chi connectivity index (χ4v) is 3.27. The minimum Gasteiger partial charge on any atom is -0.484 e. The van der Waals surface area contributed by atoms with Crippen molar-refractivity contribution in [3.8, 4) is 5.75 Å². The van der Waals surface area contributed by atoms with Gasteiger partial charge < -0.3 is 14.0 Å². The van der Waals surface area contributed by atoms with Gasteiger partial charge in [0.15, 0.2) is 12.1 Å². The molecule has 1 aromatic carbocycles. The Morgan fingerprint density at radius 3 is 2.59 bits per heavy atom. The number of amides is 1. The second-order valence-corrected chi connectivity index (χ2v) is 6.85. The number of ether oxygens (including phenoxy) is 2. The van der Waals surface area contributed by atoms with Crippen molar-refractivity contribution in [1.82, 2.24) is 14.0 Å². The Morgan fingerprint density at radius 2 is 1.84 bits per heavy atom. The number of carbonyl (C=O) groups excluding carboxylic acids is 2. The molecule has 0 N–H and O–H groups in total. The maximum atomic E-state index is 13.0. The quantitative estimate of drug-likeness (QED) is 0.352. The van der Waals surface area contributed by atoms with Crippen molar-refractivity contribution in [3.05, 3.63) is 82.2 Å². The second kappa shape index (κ2) is 8.84. The molecule has 9 heteroatoms. The molecule has 0 fully saturated rings. The zero-order valence-corrected chi connectivity index (χ0v) is 17.5. The number of nitrogens with zero attached hydrogens (tertiary/aromatic N) is 4. The maximum Gasteiger partial charge on any atom is 0.341 e. The standard InChI is InChI=1S/C23H20N4O5/c1-3-31-23(30)17-13-16-20(24-18-11-7-8-12-27(18)22(16)29)26(2)21(17)25-19(28)14-32-15-9-5-4-6-10-15/h4-13H,3,14H2,1-2H3. The second-order valence-electron chi connectivity index (χ2n) is 6.85. The van der Waals surface area contributed by atoms with Crippen LogP contribution in [0.15, 0.2) is 70.6 Å². The van der Waals surface area contributed by atoms with Crippen LogP contribution >= 0.6 is 0 Å². The highest BCUT2D eigenvalue weighted by atomic mass is 16.5. The fourth-order valence-electron chi connectivity index (χ4n) is 3.27. The number of para-hydroxylation sites is 1. The molecule has 0 aliphatic carbocycles. The molecule has 4 aromatic rings. The monoisotopic (exact) mass is 432 g/mol. The summed E-state index contributed by atoms with van der Waals surface area (Å²) in [6, 6.07) is 15.4. The summed E-state index contributed by atoms with van der Waals surface area (Å²) in [6.45, 7) is 1.47. The lowest BCUT2D eigenvalue weighted by Gasteiger charge is -2.11. The van der Waals surface area contributed by atoms with Gasteiger partial charge in [0.1, 0.15) is 22.6 Å². The van der Waals surface area contributed by atoms with Crippen molar-refractivity contribution in [3.63, 3.8) is 0 Å². The first-order chi connectivity index (χ1) is 15.5. The van der Waals surface area contributed by atoms with Crippen molar-refractivity contribution < 1.29 is 19.1 Å². The van der Waals surface area contributed by atoms with Gasteiger partial charge in [-0.2, -0.15) is 4.99 Å². The number of rotatable bonds is 5. The zero-order valence-electron chi connectivity index (χ0n) is 17.5. The summed E-state index contributed by atoms with van der Waals surface area (Å²) < 4.78 is 13.4. The third-order valence-electron chi connectivity index (χ3n) is 4.75. The predicted octanol–water partition coefficient (Wildman–Crippen LogP) is 1.87. The zero-order chi connectivity index (χ0) is 22.7. The van der Waals surface area contributed by atoms with Gasteiger partial charge in [-0.15, -0.1) is 0 Å². The normalized spacial score (nSPS) is 11.6. The molecule has 162 valence electrons. The van der Waals surface area contributed by atoms with E-state index in [0.717, 1.165) is 0 Å². The van der Waals surface area contributed by atoms with Crippen LogP contribution in [0.25, 0.3) is 16.7 Å². The predicted molar refractivity (Wildman–Crippen MR) is 116 cm³/mol. The molecule has 3 aromatic heterocycles. The first-order valence-corrected chi connectivity index (χ1v) is 9.93. The summed E-state index contributed by atoms with van der Waals surface area (Å²) in [6.07, 6.45) is 1.59. The molecule has 0 spiro atoms. The molecule has 0 saturated carbocycles. The highest BCUT2D eigenvalue weighted by Gasteiger charge is 2.18. The van der Waals surface area contributed by atoms with E-state index in [4.69, 9.17) is 9.47 Å². The number of carbonyl (C=O) groups is 2. The van der Waals surface area contributed by atoms with Gasteiger partial charge in [0.25, 0.3) is 11.5 Å². The summed E-state index contributed by atoms with van der Waals surface area (Å²) in [5.74, 6) is -0.782. The van der Waals surface area contributed by atoms with E-state index < -0.39 is 11.9 Å². The SMILES string of the molecule is CCOC(=O)c1cc2c(=O)n3ccccc3nc2n(C)c1=NC(=O)COc1ccccc1. The van der Waals surface area contributed by atoms with E-state index in [-0.39, 0.29) is 40.9 Å². The van der Waals surface area contributed by atoms with Crippen LogP contribution in [-0.4, -0.2) is 39.0 Å². The van der Waals surface area contributed by atoms with Gasteiger partial charge in [0.2, 0.25) is 0 Å². The van der Waals surface area contributed by atoms with Crippen molar-refractivity contribution >= 4 is 28.6 Å². The molecular formula is C23H20N4O5. The van der Waals surface area contributed by atoms with Crippen LogP contribution in [0.3, 0.4) is 0 Å². The topological polar surface area (TPSA) is 104 Å². The molecule has 0 aliphatic heterocycles. The van der Waals surface area contributed by atoms with Crippen LogP contribution < -0.4 is 15.8 Å². The Labute approximate surface area is 182 Å². The first kappa shape index (κ1) is 21.0. The number of aryl methyl sites for hydroxylation is 1. The number of benzene rings is 1. The molecule has 32 heavy (non-hydrogen) atoms. The molecule has 0 radical (unpaired) electrons. The van der Waals surface area contributed by atoms with Crippen molar-refractivity contribution in [2.75, 3.05) is 13.2 Å². The Morgan fingerprint density at radius 1 is 1.09 bits per heavy atom. The molecule has 1 amide bonds. The van der Waals surface area contributed by atoms with Gasteiger partial charge in [-0.3, -0.25) is 14.0 Å². The van der Waals surface area contributed by atoms with Gasteiger partial charge in [-0.05, 0) is 37.3 Å². The summed E-state index contributed by atoms with van der Waals surface area (Å²) in [7, 11) is 1.58. The van der Waals surface area contributed by atoms with Gasteiger partial charge in [0, 0.05) is 13.2 Å². The molecule has 0 atom stereocenters. The van der Waals surface area contributed by atoms with Crippen molar-refractivity contribution in [2.24, 2.45) is 12.0 Å². The third kappa shape index (κ3) is 4.00. The Hall–Kier alpha value is -4.27. The minimum atomic E-state index is -0.696. The molecule has 4 rings (SSSR count). The van der Waals surface area contributed by atoms with Gasteiger partial charge in [-0.1, -0.05) is 24.3 Å². The Balaban J connectivity index is 1.88. The molecule has 3 heterocycles. The smallest absolute Gasteiger partial charge is 0.341 e. The van der Waals surface area contributed by atoms with Crippen LogP contribution in [0.1, 0.15) is 17.3 Å². The lowest BCUT2D eigenvalue weighted by atomic mass is 10.2. The minimum absolute atomic E-state index is 0.00954. The van der Waals surface area contributed by atoms with Crippen LogP contribution in [0.2, 0.25) is 0 Å². The van der Waals surface area contributed by atoms with Gasteiger partial charge >= 0.3 is 5.97 Å². The first-order valence-electron chi connectivity index (χ1n) is 9.93. The summed E-state index contributed by atoms with van der Waals surface area (Å²) >= 11 is 0. The number of fused-ring (bicyclic) bond motifs is 2. The van der Waals surface area contributed by atoms with Crippen LogP contribution in [0, 0.1) is 0 Å². The third-order valence-corrected chi connectivity index (χ3v) is 4.75. The van der Waals surface area contributed by atoms with E-state index in [9.17, 15) is 14.4 Å². The van der Waals surface area contributed by atoms with E-state index in [1.54, 1.807) is 62.6 Å². The highest BCUT2D eigenvalue weighted by Crippen LogP contribution is 2.11. The van der Waals surface area contributed by atoms with Gasteiger partial charge in [-0.25, -0.2) is 9.78 Å². The average molecular weight is 432 g/mol. The lowest BCUT2D eigenvalue weighted by molar-refractivity contribution is -0.120. The van der Waals surface area contributed by atoms with Crippen molar-refractivity contribution in [2.45, 2.75) is 6.92 Å². The molecule has 0 aliphatic rings. The lowest BCUT2D eigenvalue weighted by Crippen LogP contribution is -2.31. The van der Waals surface area contributed by atoms with Crippen LogP contribution in [0.5, 0.6) is 5.75 Å². The van der Waals surface area contributed by atoms with E-state index in [0.29, 0.717) is 11.4 Å². The Kier molecular flexibility index (Phi) is 5.80. The van der Waals surface area contributed by atoms with Crippen LogP contribution in [-0.2, 0) is 16.6 Å². The molecule has 0 bridgehead atoms. The molecule has 9 nitrogen and oxygen atoms in total. The van der Waals surface area contributed by atoms with Crippen molar-refractivity contribution in [1.29, 1.82) is 0 Å². The Bertz CT molecular complexity index is 1450. The van der Waals surface area contributed by atoms with E-state index in [2.05, 4.69) is 9.98 Å². The van der Waals surface area contributed by atoms with Gasteiger partial charge in [0.05, 0.1) is 12.0 Å². The summed E-state index contributed by atoms with van der Waals surface area (Å²) in [5, 5.41) is 0.200. The average Bonchev–Trinajstić information content (AvgIpc) is 2.81. The summed E-state index contributed by atoms with van der Waals surface area (Å²) in [4.78, 5) is 46.8. The van der Waals surface area contributed by atoms with Crippen LogP contribution in [0.4, 0.5) is 0 Å². The number of pyridine rings is 2.